The third-order valence-electron chi connectivity index (χ3n) is 14.6. The van der Waals surface area contributed by atoms with Gasteiger partial charge in [-0.25, -0.2) is 0 Å². The molecule has 4 aliphatic rings. The Kier molecular flexibility index (Phi) is 26.6. The number of hydrogen-bond donors (Lipinski definition) is 15. The lowest BCUT2D eigenvalue weighted by atomic mass is 9.82. The molecule has 23 heteroatoms. The molecule has 0 spiro atoms. The van der Waals surface area contributed by atoms with Crippen molar-refractivity contribution >= 4 is 11.9 Å². The van der Waals surface area contributed by atoms with Crippen LogP contribution in [0.3, 0.4) is 0 Å². The molecule has 0 aromatic heterocycles. The Morgan fingerprint density at radius 3 is 1.94 bits per heavy atom. The highest BCUT2D eigenvalue weighted by atomic mass is 16.7. The molecule has 23 atom stereocenters. The second-order valence-electron chi connectivity index (χ2n) is 21.5. The van der Waals surface area contributed by atoms with E-state index in [0.717, 1.165) is 0 Å². The van der Waals surface area contributed by atoms with Gasteiger partial charge in [0.25, 0.3) is 0 Å². The van der Waals surface area contributed by atoms with Gasteiger partial charge in [-0.2, -0.15) is 0 Å². The molecule has 4 heterocycles. The molecule has 0 radical (unpaired) electrons. The lowest BCUT2D eigenvalue weighted by molar-refractivity contribution is -0.320. The minimum Gasteiger partial charge on any atom is -0.481 e. The number of carboxylic acid groups (broad SMARTS) is 1. The number of rotatable bonds is 6. The van der Waals surface area contributed by atoms with Crippen molar-refractivity contribution in [3.8, 4) is 0 Å². The Balaban J connectivity index is 1.58. The van der Waals surface area contributed by atoms with Crippen LogP contribution in [-0.2, 0) is 38.0 Å². The second-order valence-corrected chi connectivity index (χ2v) is 21.5. The number of fused-ring (bicyclic) bond motifs is 2. The molecule has 1 unspecified atom stereocenters. The summed E-state index contributed by atoms with van der Waals surface area (Å²) in [6.07, 6.45) is -6.60. The Morgan fingerprint density at radius 2 is 1.29 bits per heavy atom. The van der Waals surface area contributed by atoms with Gasteiger partial charge < -0.3 is 106 Å². The number of ether oxygens (including phenoxy) is 6. The maximum absolute atomic E-state index is 13.1. The van der Waals surface area contributed by atoms with Crippen LogP contribution in [0.15, 0.2) is 72.9 Å². The first-order valence-corrected chi connectivity index (χ1v) is 26.5. The van der Waals surface area contributed by atoms with Crippen LogP contribution in [0.25, 0.3) is 0 Å². The van der Waals surface area contributed by atoms with Crippen molar-refractivity contribution in [1.29, 1.82) is 0 Å². The lowest BCUT2D eigenvalue weighted by Gasteiger charge is -2.47. The van der Waals surface area contributed by atoms with E-state index in [0.29, 0.717) is 12.8 Å². The summed E-state index contributed by atoms with van der Waals surface area (Å²) in [5.41, 5.74) is 4.84. The highest BCUT2D eigenvalue weighted by Crippen LogP contribution is 2.39. The van der Waals surface area contributed by atoms with Crippen LogP contribution >= 0.6 is 0 Å². The smallest absolute Gasteiger partial charge is 0.311 e. The molecule has 2 bridgehead atoms. The van der Waals surface area contributed by atoms with Crippen LogP contribution < -0.4 is 5.73 Å². The summed E-state index contributed by atoms with van der Waals surface area (Å²) < 4.78 is 35.5. The van der Waals surface area contributed by atoms with E-state index in [1.165, 1.54) is 6.08 Å². The molecule has 23 nitrogen and oxygen atoms in total. The molecule has 3 fully saturated rings. The van der Waals surface area contributed by atoms with Crippen LogP contribution in [0.4, 0.5) is 0 Å². The van der Waals surface area contributed by atoms with Crippen molar-refractivity contribution < 1.29 is 110 Å². The number of aliphatic hydroxyl groups is 13. The summed E-state index contributed by atoms with van der Waals surface area (Å²) in [5.74, 6) is -7.39. The third kappa shape index (κ3) is 20.0. The van der Waals surface area contributed by atoms with E-state index in [2.05, 4.69) is 0 Å². The monoisotopic (exact) mass is 1100 g/mol. The standard InChI is InChI=1S/C54H87NO22/c1-29-18-16-14-12-10-8-6-7-9-11-13-15-17-19-35(73-52-45(65)43(55)49(68)53(4,5)77-52)25-39-42(50(69)70)38(62)27-54(71,76-39)26-37(61)36(60)21-20-32(57)22-33(58)23-34(59)24-41(63)72-31(3)30(2)48(29)75-51-47(67)46(66)44(64)40(28-56)74-51/h6-7,9,11-19,29-40,42-49,51-52,56-62,64-68,71H,8,10,20-28,55H2,1-5H3,(H,69,70)/b7-6+,11-9+,14-12+,15-13+,18-16+,19-17+/t29-,30-,31-,32+,33+,34+,35-,36+,37+,38-,39-,40+,42+,43+,44+,45-,46-,47+,48+,49-,51?,52+,54+/m0/s1. The number of nitrogens with two attached hydrogens (primary N) is 1. The van der Waals surface area contributed by atoms with Crippen molar-refractivity contribution in [3.05, 3.63) is 72.9 Å². The van der Waals surface area contributed by atoms with Gasteiger partial charge in [0.15, 0.2) is 18.4 Å². The maximum Gasteiger partial charge on any atom is 0.311 e. The minimum atomic E-state index is -2.40. The van der Waals surface area contributed by atoms with Crippen LogP contribution in [0.5, 0.6) is 0 Å². The summed E-state index contributed by atoms with van der Waals surface area (Å²) in [6.45, 7) is 7.52. The average molecular weight is 1100 g/mol. The molecule has 0 aromatic rings. The molecular weight excluding hydrogens is 1010 g/mol. The van der Waals surface area contributed by atoms with E-state index < -0.39 is 183 Å². The van der Waals surface area contributed by atoms with E-state index in [1.54, 1.807) is 64.2 Å². The number of carbonyl (C=O) groups excluding carboxylic acids is 1. The Morgan fingerprint density at radius 1 is 0.688 bits per heavy atom. The van der Waals surface area contributed by atoms with E-state index in [-0.39, 0.29) is 32.1 Å². The zero-order valence-electron chi connectivity index (χ0n) is 44.5. The highest BCUT2D eigenvalue weighted by Gasteiger charge is 2.53. The molecule has 4 rings (SSSR count). The quantitative estimate of drug-likeness (QED) is 0.144. The number of aliphatic hydroxyl groups excluding tert-OH is 12. The second kappa shape index (κ2) is 31.0. The molecule has 77 heavy (non-hydrogen) atoms. The fourth-order valence-corrected chi connectivity index (χ4v) is 9.88. The van der Waals surface area contributed by atoms with E-state index in [9.17, 15) is 81.1 Å². The van der Waals surface area contributed by atoms with Gasteiger partial charge in [-0.3, -0.25) is 9.59 Å². The highest BCUT2D eigenvalue weighted by molar-refractivity contribution is 5.71. The van der Waals surface area contributed by atoms with E-state index in [4.69, 9.17) is 34.2 Å². The number of hydrogen-bond acceptors (Lipinski definition) is 22. The first-order chi connectivity index (χ1) is 36.2. The third-order valence-corrected chi connectivity index (χ3v) is 14.6. The first-order valence-electron chi connectivity index (χ1n) is 26.5. The normalized spacial score (nSPS) is 45.8. The van der Waals surface area contributed by atoms with Gasteiger partial charge in [0.2, 0.25) is 0 Å². The molecule has 16 N–H and O–H groups in total. The zero-order valence-corrected chi connectivity index (χ0v) is 44.5. The molecule has 4 aliphatic heterocycles. The van der Waals surface area contributed by atoms with Gasteiger partial charge in [0.05, 0.1) is 79.6 Å². The molecule has 0 aliphatic carbocycles. The molecule has 3 saturated heterocycles. The van der Waals surface area contributed by atoms with Gasteiger partial charge in [0.1, 0.15) is 48.6 Å². The lowest BCUT2D eigenvalue weighted by Crippen LogP contribution is -2.66. The fourth-order valence-electron chi connectivity index (χ4n) is 9.88. The van der Waals surface area contributed by atoms with Crippen LogP contribution in [0, 0.1) is 17.8 Å². The van der Waals surface area contributed by atoms with Crippen molar-refractivity contribution in [2.45, 2.75) is 227 Å². The summed E-state index contributed by atoms with van der Waals surface area (Å²) in [5, 5.41) is 150. The number of esters is 1. The summed E-state index contributed by atoms with van der Waals surface area (Å²) in [4.78, 5) is 25.7. The Bertz CT molecular complexity index is 1980. The summed E-state index contributed by atoms with van der Waals surface area (Å²) in [7, 11) is 0. The van der Waals surface area contributed by atoms with Crippen molar-refractivity contribution in [2.24, 2.45) is 23.5 Å². The van der Waals surface area contributed by atoms with Crippen molar-refractivity contribution in [1.82, 2.24) is 0 Å². The number of cyclic esters (lactones) is 1. The summed E-state index contributed by atoms with van der Waals surface area (Å²) >= 11 is 0. The number of aliphatic carboxylic acids is 1. The number of carboxylic acids is 1. The Labute approximate surface area is 449 Å². The predicted octanol–water partition coefficient (Wildman–Crippen LogP) is -0.850. The van der Waals surface area contributed by atoms with Crippen molar-refractivity contribution in [3.63, 3.8) is 0 Å². The molecular formula is C54H87NO22. The van der Waals surface area contributed by atoms with E-state index >= 15 is 0 Å². The summed E-state index contributed by atoms with van der Waals surface area (Å²) in [6, 6.07) is -1.20. The molecule has 0 aromatic carbocycles. The Hall–Kier alpha value is -3.38. The zero-order chi connectivity index (χ0) is 57.4. The van der Waals surface area contributed by atoms with Crippen LogP contribution in [0.1, 0.15) is 98.8 Å². The average Bonchev–Trinajstić information content (AvgIpc) is 3.34. The topological polar surface area (TPSA) is 399 Å². The number of carbonyl (C=O) groups is 2. The largest absolute Gasteiger partial charge is 0.481 e. The first kappa shape index (κ1) is 66.1. The molecule has 440 valence electrons. The predicted molar refractivity (Wildman–Crippen MR) is 274 cm³/mol. The molecule has 0 saturated carbocycles. The van der Waals surface area contributed by atoms with Gasteiger partial charge in [-0.15, -0.1) is 0 Å². The SMILES string of the molecule is C[C@@H]1[C@H](OC2O[C@H](CO)[C@@H](O)[C@H](O)[C@H]2O)[C@@H](C)/C=C/C=C/CC/C=C/C=C/C=C/C=C/[C@H](O[C@@H]2OC(C)(C)[C@@H](O)[C@H](N)[C@@H]2O)C[C@@H]2O[C@](O)(C[C@@H](O)[C@H](O)CC[C@@H](O)C[C@@H](O)C[C@@H](O)CC(=O)O[C@H]1C)C[C@H](O)[C@H]2C(=O)O. The number of allylic oxidation sites excluding steroid dienone is 10. The van der Waals surface area contributed by atoms with Gasteiger partial charge in [-0.1, -0.05) is 86.8 Å². The van der Waals surface area contributed by atoms with Crippen LogP contribution in [-0.4, -0.2) is 218 Å². The fraction of sp³-hybridized carbons (Fsp3) is 0.741. The van der Waals surface area contributed by atoms with Crippen molar-refractivity contribution in [2.75, 3.05) is 6.61 Å². The van der Waals surface area contributed by atoms with Gasteiger partial charge in [0, 0.05) is 31.1 Å². The van der Waals surface area contributed by atoms with E-state index in [1.807, 2.05) is 37.3 Å². The molecule has 0 amide bonds. The van der Waals surface area contributed by atoms with Crippen LogP contribution in [0.2, 0.25) is 0 Å². The van der Waals surface area contributed by atoms with Gasteiger partial charge >= 0.3 is 11.9 Å². The minimum absolute atomic E-state index is 0.191. The van der Waals surface area contributed by atoms with Gasteiger partial charge in [-0.05, 0) is 59.3 Å². The maximum atomic E-state index is 13.1.